The van der Waals surface area contributed by atoms with Gasteiger partial charge in [-0.05, 0) is 31.1 Å². The molecule has 22 heavy (non-hydrogen) atoms. The molecule has 4 heteroatoms. The molecule has 0 spiro atoms. The molecular weight excluding hydrogens is 280 g/mol. The molecule has 0 amide bonds. The monoisotopic (exact) mass is 306 g/mol. The molecule has 0 radical (unpaired) electrons. The number of unbranched alkanes of at least 4 members (excludes halogenated alkanes) is 1. The third-order valence-corrected chi connectivity index (χ3v) is 5.73. The smallest absolute Gasteiger partial charge is 0.303 e. The van der Waals surface area contributed by atoms with E-state index in [1.165, 1.54) is 0 Å². The quantitative estimate of drug-likeness (QED) is 0.732. The highest BCUT2D eigenvalue weighted by Gasteiger charge is 2.55. The summed E-state index contributed by atoms with van der Waals surface area (Å²) in [6.07, 6.45) is 6.59. The summed E-state index contributed by atoms with van der Waals surface area (Å²) in [7, 11) is 0. The van der Waals surface area contributed by atoms with Gasteiger partial charge < -0.3 is 5.11 Å². The first-order valence-electron chi connectivity index (χ1n) is 8.37. The lowest BCUT2D eigenvalue weighted by Gasteiger charge is -2.43. The van der Waals surface area contributed by atoms with E-state index in [9.17, 15) is 14.4 Å². The predicted molar refractivity (Wildman–Crippen MR) is 83.4 cm³/mol. The van der Waals surface area contributed by atoms with Gasteiger partial charge in [-0.25, -0.2) is 0 Å². The second-order valence-corrected chi connectivity index (χ2v) is 6.79. The van der Waals surface area contributed by atoms with Crippen LogP contribution in [0.2, 0.25) is 0 Å². The molecule has 0 heterocycles. The van der Waals surface area contributed by atoms with Crippen LogP contribution in [0, 0.1) is 23.2 Å². The number of allylic oxidation sites excluding steroid dienone is 1. The minimum absolute atomic E-state index is 0.0314. The van der Waals surface area contributed by atoms with E-state index in [1.807, 2.05) is 0 Å². The number of hydrogen-bond acceptors (Lipinski definition) is 3. The Morgan fingerprint density at radius 1 is 1.45 bits per heavy atom. The van der Waals surface area contributed by atoms with Gasteiger partial charge in [-0.1, -0.05) is 25.8 Å². The maximum absolute atomic E-state index is 12.6. The standard InChI is InChI=1S/C18H26O4/c1-3-5-10-18(4-2)14-11-15(19)13(7-9-17(21)22)12(14)6-8-16(18)20/h4,12-14H,2-3,5-11H2,1H3,(H,21,22). The third-order valence-electron chi connectivity index (χ3n) is 5.73. The van der Waals surface area contributed by atoms with Crippen LogP contribution in [0.5, 0.6) is 0 Å². The molecule has 4 nitrogen and oxygen atoms in total. The molecule has 0 aromatic carbocycles. The number of ketones is 2. The second kappa shape index (κ2) is 6.76. The molecule has 0 aliphatic heterocycles. The van der Waals surface area contributed by atoms with Gasteiger partial charge in [-0.15, -0.1) is 6.58 Å². The Hall–Kier alpha value is -1.45. The Bertz CT molecular complexity index is 481. The summed E-state index contributed by atoms with van der Waals surface area (Å²) in [6.45, 7) is 6.01. The minimum atomic E-state index is -0.857. The molecule has 0 saturated heterocycles. The van der Waals surface area contributed by atoms with Crippen molar-refractivity contribution in [2.24, 2.45) is 23.2 Å². The van der Waals surface area contributed by atoms with E-state index >= 15 is 0 Å². The molecule has 2 fully saturated rings. The molecule has 2 aliphatic carbocycles. The fourth-order valence-electron chi connectivity index (χ4n) is 4.56. The number of rotatable bonds is 7. The van der Waals surface area contributed by atoms with Crippen LogP contribution in [-0.2, 0) is 14.4 Å². The maximum atomic E-state index is 12.6. The molecule has 4 atom stereocenters. The van der Waals surface area contributed by atoms with Gasteiger partial charge in [0.05, 0.1) is 5.41 Å². The van der Waals surface area contributed by atoms with E-state index in [4.69, 9.17) is 5.11 Å². The first kappa shape index (κ1) is 16.9. The molecule has 2 saturated carbocycles. The summed E-state index contributed by atoms with van der Waals surface area (Å²) in [5.41, 5.74) is -0.563. The van der Waals surface area contributed by atoms with Gasteiger partial charge in [-0.2, -0.15) is 0 Å². The first-order valence-corrected chi connectivity index (χ1v) is 8.37. The van der Waals surface area contributed by atoms with Crippen LogP contribution in [0.3, 0.4) is 0 Å². The SMILES string of the molecule is C=CC1(CCCC)C(=O)CCC2C(CCC(=O)O)C(=O)CC21. The molecule has 1 N–H and O–H groups in total. The van der Waals surface area contributed by atoms with Gasteiger partial charge in [0.15, 0.2) is 0 Å². The summed E-state index contributed by atoms with van der Waals surface area (Å²) < 4.78 is 0. The molecule has 4 unspecified atom stereocenters. The fraction of sp³-hybridized carbons (Fsp3) is 0.722. The summed E-state index contributed by atoms with van der Waals surface area (Å²) in [4.78, 5) is 35.8. The number of fused-ring (bicyclic) bond motifs is 1. The van der Waals surface area contributed by atoms with Crippen molar-refractivity contribution in [1.82, 2.24) is 0 Å². The number of carboxylic acids is 1. The zero-order valence-corrected chi connectivity index (χ0v) is 13.3. The van der Waals surface area contributed by atoms with E-state index in [2.05, 4.69) is 13.5 Å². The van der Waals surface area contributed by atoms with Gasteiger partial charge in [0.1, 0.15) is 11.6 Å². The Labute approximate surface area is 132 Å². The van der Waals surface area contributed by atoms with Gasteiger partial charge in [-0.3, -0.25) is 14.4 Å². The van der Waals surface area contributed by atoms with Crippen LogP contribution < -0.4 is 0 Å². The molecule has 122 valence electrons. The van der Waals surface area contributed by atoms with Crippen LogP contribution in [0.1, 0.15) is 58.3 Å². The number of carbonyl (C=O) groups excluding carboxylic acids is 2. The zero-order valence-electron chi connectivity index (χ0n) is 13.3. The number of Topliss-reactive ketones (excluding diaryl/α,β-unsaturated/α-hetero) is 2. The van der Waals surface area contributed by atoms with Crippen molar-refractivity contribution < 1.29 is 19.5 Å². The van der Waals surface area contributed by atoms with Crippen molar-refractivity contribution in [3.8, 4) is 0 Å². The highest BCUT2D eigenvalue weighted by molar-refractivity contribution is 5.92. The van der Waals surface area contributed by atoms with Crippen LogP contribution in [-0.4, -0.2) is 22.6 Å². The molecule has 2 aliphatic rings. The van der Waals surface area contributed by atoms with Gasteiger partial charge >= 0.3 is 5.97 Å². The summed E-state index contributed by atoms with van der Waals surface area (Å²) >= 11 is 0. The van der Waals surface area contributed by atoms with E-state index in [0.717, 1.165) is 25.7 Å². The van der Waals surface area contributed by atoms with Crippen molar-refractivity contribution in [1.29, 1.82) is 0 Å². The maximum Gasteiger partial charge on any atom is 0.303 e. The molecule has 0 aromatic rings. The van der Waals surface area contributed by atoms with Crippen LogP contribution in [0.25, 0.3) is 0 Å². The number of carboxylic acid groups (broad SMARTS) is 1. The molecule has 2 rings (SSSR count). The van der Waals surface area contributed by atoms with Gasteiger partial charge in [0.25, 0.3) is 0 Å². The minimum Gasteiger partial charge on any atom is -0.481 e. The lowest BCUT2D eigenvalue weighted by Crippen LogP contribution is -2.44. The highest BCUT2D eigenvalue weighted by Crippen LogP contribution is 2.55. The summed E-state index contributed by atoms with van der Waals surface area (Å²) in [5, 5.41) is 8.88. The van der Waals surface area contributed by atoms with Crippen LogP contribution >= 0.6 is 0 Å². The molecule has 0 aromatic heterocycles. The Balaban J connectivity index is 2.24. The van der Waals surface area contributed by atoms with Crippen molar-refractivity contribution in [2.75, 3.05) is 0 Å². The lowest BCUT2D eigenvalue weighted by molar-refractivity contribution is -0.138. The van der Waals surface area contributed by atoms with Crippen molar-refractivity contribution in [2.45, 2.75) is 58.3 Å². The number of aliphatic carboxylic acids is 1. The Morgan fingerprint density at radius 2 is 2.18 bits per heavy atom. The van der Waals surface area contributed by atoms with E-state index in [1.54, 1.807) is 6.08 Å². The number of carbonyl (C=O) groups is 3. The Morgan fingerprint density at radius 3 is 2.77 bits per heavy atom. The molecular formula is C18H26O4. The average molecular weight is 306 g/mol. The van der Waals surface area contributed by atoms with Gasteiger partial charge in [0, 0.05) is 25.2 Å². The summed E-state index contributed by atoms with van der Waals surface area (Å²) in [5.74, 6) is -0.486. The summed E-state index contributed by atoms with van der Waals surface area (Å²) in [6, 6.07) is 0. The normalized spacial score (nSPS) is 34.5. The van der Waals surface area contributed by atoms with Crippen molar-refractivity contribution in [3.05, 3.63) is 12.7 Å². The largest absolute Gasteiger partial charge is 0.481 e. The van der Waals surface area contributed by atoms with Crippen LogP contribution in [0.4, 0.5) is 0 Å². The van der Waals surface area contributed by atoms with Crippen molar-refractivity contribution in [3.63, 3.8) is 0 Å². The fourth-order valence-corrected chi connectivity index (χ4v) is 4.56. The number of hydrogen-bond donors (Lipinski definition) is 1. The lowest BCUT2D eigenvalue weighted by atomic mass is 9.59. The van der Waals surface area contributed by atoms with E-state index in [0.29, 0.717) is 19.3 Å². The predicted octanol–water partition coefficient (Wildman–Crippen LogP) is 3.40. The highest BCUT2D eigenvalue weighted by atomic mass is 16.4. The topological polar surface area (TPSA) is 71.4 Å². The Kier molecular flexibility index (Phi) is 5.20. The third kappa shape index (κ3) is 2.88. The van der Waals surface area contributed by atoms with E-state index in [-0.39, 0.29) is 35.7 Å². The molecule has 0 bridgehead atoms. The van der Waals surface area contributed by atoms with Crippen molar-refractivity contribution >= 4 is 17.5 Å². The second-order valence-electron chi connectivity index (χ2n) is 6.79. The first-order chi connectivity index (χ1) is 10.5. The zero-order chi connectivity index (χ0) is 16.3. The van der Waals surface area contributed by atoms with Crippen LogP contribution in [0.15, 0.2) is 12.7 Å². The van der Waals surface area contributed by atoms with Gasteiger partial charge in [0.2, 0.25) is 0 Å². The average Bonchev–Trinajstić information content (AvgIpc) is 2.81. The van der Waals surface area contributed by atoms with E-state index < -0.39 is 11.4 Å².